The van der Waals surface area contributed by atoms with Gasteiger partial charge in [-0.3, -0.25) is 6.54 Å². The Balaban J connectivity index is -0.0000000246. The summed E-state index contributed by atoms with van der Waals surface area (Å²) in [5.41, 5.74) is 6.10. The van der Waals surface area contributed by atoms with Crippen LogP contribution in [0.2, 0.25) is 0 Å². The van der Waals surface area contributed by atoms with E-state index in [2.05, 4.69) is 6.92 Å². The molecule has 0 unspecified atom stereocenters. The molecule has 0 fully saturated rings. The van der Waals surface area contributed by atoms with Gasteiger partial charge in [-0.25, -0.2) is 9.59 Å². The van der Waals surface area contributed by atoms with Crippen molar-refractivity contribution in [2.75, 3.05) is 6.54 Å². The molecule has 0 aromatic rings. The summed E-state index contributed by atoms with van der Waals surface area (Å²) in [6.45, 7) is 3.40. The van der Waals surface area contributed by atoms with E-state index in [0.717, 1.165) is 0 Å². The first-order valence-electron chi connectivity index (χ1n) is 1.96. The van der Waals surface area contributed by atoms with E-state index in [0.29, 0.717) is 0 Å². The van der Waals surface area contributed by atoms with E-state index in [1.54, 1.807) is 0 Å². The van der Waals surface area contributed by atoms with Crippen LogP contribution in [-0.2, 0) is 30.7 Å². The standard InChI is InChI=1S/C2H5N.C2H2O4.2H2O.Pt/c1-2-3;3-1(4)2(5)6;;;/h3H,1-2H2;(H,3,4)(H,5,6);2*1H2;/q-2;;;;+2. The molecule has 0 saturated carbocycles. The molecular formula is C4H11NO6Pt. The Kier molecular flexibility index (Phi) is 56.1. The van der Waals surface area contributed by atoms with Gasteiger partial charge in [-0.1, -0.05) is 0 Å². The van der Waals surface area contributed by atoms with Gasteiger partial charge in [0, 0.05) is 0 Å². The summed E-state index contributed by atoms with van der Waals surface area (Å²) in [6.07, 6.45) is 0. The van der Waals surface area contributed by atoms with E-state index in [4.69, 9.17) is 25.5 Å². The van der Waals surface area contributed by atoms with E-state index in [1.807, 2.05) is 0 Å². The van der Waals surface area contributed by atoms with Crippen molar-refractivity contribution in [1.82, 2.24) is 0 Å². The fraction of sp³-hybridized carbons (Fsp3) is 0.250. The van der Waals surface area contributed by atoms with Crippen LogP contribution in [-0.4, -0.2) is 39.6 Å². The summed E-state index contributed by atoms with van der Waals surface area (Å²) in [5, 5.41) is 14.8. The van der Waals surface area contributed by atoms with Crippen LogP contribution < -0.4 is 0 Å². The van der Waals surface area contributed by atoms with Crippen LogP contribution in [0.5, 0.6) is 0 Å². The fourth-order valence-corrected chi connectivity index (χ4v) is 0. The van der Waals surface area contributed by atoms with E-state index >= 15 is 0 Å². The minimum Gasteiger partial charge on any atom is -0.704 e. The minimum absolute atomic E-state index is 0. The quantitative estimate of drug-likeness (QED) is 0.390. The molecule has 0 atom stereocenters. The molecule has 78 valence electrons. The van der Waals surface area contributed by atoms with Crippen LogP contribution in [0.1, 0.15) is 0 Å². The third kappa shape index (κ3) is 55.9. The molecule has 0 aliphatic rings. The molecular weight excluding hydrogens is 353 g/mol. The summed E-state index contributed by atoms with van der Waals surface area (Å²) in [6, 6.07) is 0. The van der Waals surface area contributed by atoms with Gasteiger partial charge in [0.05, 0.1) is 0 Å². The van der Waals surface area contributed by atoms with Crippen molar-refractivity contribution in [3.63, 3.8) is 0 Å². The maximum Gasteiger partial charge on any atom is 2.00 e. The van der Waals surface area contributed by atoms with E-state index in [1.165, 1.54) is 0 Å². The predicted octanol–water partition coefficient (Wildman–Crippen LogP) is -1.62. The van der Waals surface area contributed by atoms with Gasteiger partial charge in [0.15, 0.2) is 0 Å². The Bertz CT molecular complexity index is 95.7. The smallest absolute Gasteiger partial charge is 0.704 e. The van der Waals surface area contributed by atoms with Crippen LogP contribution in [0.3, 0.4) is 0 Å². The van der Waals surface area contributed by atoms with Crippen molar-refractivity contribution in [2.24, 2.45) is 0 Å². The van der Waals surface area contributed by atoms with Gasteiger partial charge < -0.3 is 33.8 Å². The summed E-state index contributed by atoms with van der Waals surface area (Å²) in [4.78, 5) is 18.2. The topological polar surface area (TPSA) is 161 Å². The van der Waals surface area contributed by atoms with Crippen LogP contribution in [0, 0.1) is 6.92 Å². The molecule has 0 heterocycles. The Morgan fingerprint density at radius 2 is 1.25 bits per heavy atom. The van der Waals surface area contributed by atoms with E-state index in [9.17, 15) is 0 Å². The normalized spacial score (nSPS) is 5.17. The van der Waals surface area contributed by atoms with Gasteiger partial charge in [-0.05, 0) is 0 Å². The SMILES string of the molecule is O.O.O=C(O)C(=O)O.[CH2-]C[NH-].[Pt+2]. The number of rotatable bonds is 0. The van der Waals surface area contributed by atoms with Gasteiger partial charge in [-0.15, -0.1) is 0 Å². The Morgan fingerprint density at radius 1 is 1.17 bits per heavy atom. The van der Waals surface area contributed by atoms with Crippen LogP contribution in [0.15, 0.2) is 0 Å². The molecule has 0 aliphatic heterocycles. The van der Waals surface area contributed by atoms with Crippen LogP contribution >= 0.6 is 0 Å². The van der Waals surface area contributed by atoms with Crippen molar-refractivity contribution in [1.29, 1.82) is 0 Å². The van der Waals surface area contributed by atoms with Crippen molar-refractivity contribution >= 4 is 11.9 Å². The van der Waals surface area contributed by atoms with Crippen molar-refractivity contribution in [2.45, 2.75) is 0 Å². The van der Waals surface area contributed by atoms with E-state index < -0.39 is 11.9 Å². The first-order valence-corrected chi connectivity index (χ1v) is 1.96. The van der Waals surface area contributed by atoms with Crippen LogP contribution in [0.25, 0.3) is 5.73 Å². The second-order valence-electron chi connectivity index (χ2n) is 0.860. The van der Waals surface area contributed by atoms with Crippen molar-refractivity contribution in [3.8, 4) is 0 Å². The van der Waals surface area contributed by atoms with Gasteiger partial charge in [0.25, 0.3) is 0 Å². The van der Waals surface area contributed by atoms with Gasteiger partial charge in [0.2, 0.25) is 0 Å². The number of carboxylic acids is 2. The molecule has 0 aliphatic carbocycles. The largest absolute Gasteiger partial charge is 2.00 e. The zero-order valence-electron chi connectivity index (χ0n) is 5.94. The third-order valence-corrected chi connectivity index (χ3v) is 0.183. The molecule has 7 nitrogen and oxygen atoms in total. The Labute approximate surface area is 83.4 Å². The van der Waals surface area contributed by atoms with Crippen LogP contribution in [0.4, 0.5) is 0 Å². The summed E-state index contributed by atoms with van der Waals surface area (Å²) in [7, 11) is 0. The predicted molar refractivity (Wildman–Crippen MR) is 37.0 cm³/mol. The number of carboxylic acid groups (broad SMARTS) is 2. The molecule has 0 saturated heterocycles. The molecule has 0 bridgehead atoms. The summed E-state index contributed by atoms with van der Waals surface area (Å²) >= 11 is 0. The molecule has 8 heteroatoms. The zero-order valence-corrected chi connectivity index (χ0v) is 8.21. The average Bonchev–Trinajstić information content (AvgIpc) is 1.68. The van der Waals surface area contributed by atoms with Gasteiger partial charge >= 0.3 is 33.0 Å². The molecule has 0 amide bonds. The monoisotopic (exact) mass is 364 g/mol. The van der Waals surface area contributed by atoms with Gasteiger partial charge in [-0.2, -0.15) is 0 Å². The molecule has 0 rings (SSSR count). The van der Waals surface area contributed by atoms with Crippen molar-refractivity contribution < 1.29 is 51.8 Å². The Morgan fingerprint density at radius 3 is 1.25 bits per heavy atom. The number of carbonyl (C=O) groups is 2. The minimum atomic E-state index is -1.82. The Hall–Kier alpha value is -0.492. The summed E-state index contributed by atoms with van der Waals surface area (Å²) < 4.78 is 0. The molecule has 0 spiro atoms. The summed E-state index contributed by atoms with van der Waals surface area (Å²) in [5.74, 6) is -3.65. The second kappa shape index (κ2) is 22.4. The molecule has 0 radical (unpaired) electrons. The molecule has 12 heavy (non-hydrogen) atoms. The third-order valence-electron chi connectivity index (χ3n) is 0.183. The first-order chi connectivity index (χ1) is 4.06. The van der Waals surface area contributed by atoms with Gasteiger partial charge in [0.1, 0.15) is 0 Å². The molecule has 0 aromatic carbocycles. The number of nitrogens with one attached hydrogen (secondary N) is 1. The van der Waals surface area contributed by atoms with Crippen molar-refractivity contribution in [3.05, 3.63) is 12.7 Å². The second-order valence-corrected chi connectivity index (χ2v) is 0.860. The number of aliphatic carboxylic acids is 2. The van der Waals surface area contributed by atoms with E-state index in [-0.39, 0.29) is 38.6 Å². The maximum atomic E-state index is 9.10. The number of hydrogen-bond acceptors (Lipinski definition) is 2. The number of hydrogen-bond donors (Lipinski definition) is 2. The maximum absolute atomic E-state index is 9.10. The average molecular weight is 364 g/mol. The first kappa shape index (κ1) is 30.0. The molecule has 0 aromatic heterocycles. The molecule has 7 N–H and O–H groups in total. The zero-order chi connectivity index (χ0) is 7.86. The fourth-order valence-electron chi connectivity index (χ4n) is 0.